The number of carboxylic acids is 1. The van der Waals surface area contributed by atoms with Gasteiger partial charge >= 0.3 is 5.97 Å². The van der Waals surface area contributed by atoms with Crippen LogP contribution in [0.5, 0.6) is 0 Å². The number of hydrogen-bond acceptors (Lipinski definition) is 3. The molecule has 0 aliphatic carbocycles. The number of aliphatic carboxylic acids is 1. The Bertz CT molecular complexity index is 531. The van der Waals surface area contributed by atoms with Crippen molar-refractivity contribution in [3.05, 3.63) is 47.8 Å². The number of carbonyl (C=O) groups is 1. The Morgan fingerprint density at radius 3 is 2.65 bits per heavy atom. The van der Waals surface area contributed by atoms with E-state index in [1.54, 1.807) is 10.9 Å². The van der Waals surface area contributed by atoms with Gasteiger partial charge in [-0.15, -0.1) is 0 Å². The summed E-state index contributed by atoms with van der Waals surface area (Å²) in [6.07, 6.45) is 3.10. The van der Waals surface area contributed by atoms with Gasteiger partial charge in [-0.2, -0.15) is 5.10 Å². The van der Waals surface area contributed by atoms with Crippen molar-refractivity contribution in [3.63, 3.8) is 0 Å². The molecule has 5 heteroatoms. The molecule has 0 bridgehead atoms. The van der Waals surface area contributed by atoms with Crippen molar-refractivity contribution in [3.8, 4) is 5.69 Å². The molecule has 0 saturated heterocycles. The highest BCUT2D eigenvalue weighted by molar-refractivity contribution is 5.74. The minimum absolute atomic E-state index is 0.484. The highest BCUT2D eigenvalue weighted by atomic mass is 16.4. The largest absolute Gasteiger partial charge is 0.480 e. The van der Waals surface area contributed by atoms with E-state index in [-0.39, 0.29) is 0 Å². The minimum atomic E-state index is -1.06. The van der Waals surface area contributed by atoms with Gasteiger partial charge in [-0.3, -0.25) is 4.79 Å². The van der Waals surface area contributed by atoms with Gasteiger partial charge in [0.05, 0.1) is 11.9 Å². The van der Waals surface area contributed by atoms with E-state index in [2.05, 4.69) is 5.10 Å². The fraction of sp³-hybridized carbons (Fsp3) is 0.167. The smallest absolute Gasteiger partial charge is 0.325 e. The Morgan fingerprint density at radius 1 is 1.41 bits per heavy atom. The summed E-state index contributed by atoms with van der Waals surface area (Å²) in [5.74, 6) is -1.06. The fourth-order valence-electron chi connectivity index (χ4n) is 1.48. The van der Waals surface area contributed by atoms with E-state index in [1.807, 2.05) is 31.2 Å². The molecule has 88 valence electrons. The Hall–Kier alpha value is -2.14. The van der Waals surface area contributed by atoms with Crippen LogP contribution in [0.25, 0.3) is 5.69 Å². The lowest BCUT2D eigenvalue weighted by molar-refractivity contribution is -0.138. The Kier molecular flexibility index (Phi) is 2.93. The van der Waals surface area contributed by atoms with Gasteiger partial charge in [0, 0.05) is 11.8 Å². The topological polar surface area (TPSA) is 81.1 Å². The number of carboxylic acid groups (broad SMARTS) is 1. The van der Waals surface area contributed by atoms with Crippen LogP contribution >= 0.6 is 0 Å². The molecule has 0 spiro atoms. The van der Waals surface area contributed by atoms with Crippen molar-refractivity contribution in [1.29, 1.82) is 0 Å². The Balaban J connectivity index is 2.29. The van der Waals surface area contributed by atoms with Crippen LogP contribution in [0.1, 0.15) is 17.2 Å². The highest BCUT2D eigenvalue weighted by Gasteiger charge is 2.16. The van der Waals surface area contributed by atoms with Crippen molar-refractivity contribution in [2.75, 3.05) is 0 Å². The number of rotatable bonds is 3. The van der Waals surface area contributed by atoms with Crippen LogP contribution in [0, 0.1) is 6.92 Å². The van der Waals surface area contributed by atoms with E-state index in [4.69, 9.17) is 10.8 Å². The van der Waals surface area contributed by atoms with E-state index in [1.165, 1.54) is 6.20 Å². The molecule has 5 nitrogen and oxygen atoms in total. The van der Waals surface area contributed by atoms with Crippen LogP contribution in [0.15, 0.2) is 36.7 Å². The third kappa shape index (κ3) is 2.34. The van der Waals surface area contributed by atoms with E-state index < -0.39 is 12.0 Å². The molecule has 17 heavy (non-hydrogen) atoms. The minimum Gasteiger partial charge on any atom is -0.480 e. The molecular weight excluding hydrogens is 218 g/mol. The lowest BCUT2D eigenvalue weighted by Crippen LogP contribution is -2.19. The highest BCUT2D eigenvalue weighted by Crippen LogP contribution is 2.13. The molecule has 3 N–H and O–H groups in total. The lowest BCUT2D eigenvalue weighted by atomic mass is 10.2. The SMILES string of the molecule is Cc1ccc(-n2cc(C(N)C(=O)O)cn2)cc1. The van der Waals surface area contributed by atoms with Crippen molar-refractivity contribution >= 4 is 5.97 Å². The zero-order chi connectivity index (χ0) is 12.4. The van der Waals surface area contributed by atoms with Gasteiger partial charge in [0.15, 0.2) is 0 Å². The number of hydrogen-bond donors (Lipinski definition) is 2. The van der Waals surface area contributed by atoms with Gasteiger partial charge in [0.2, 0.25) is 0 Å². The summed E-state index contributed by atoms with van der Waals surface area (Å²) in [5.41, 5.74) is 8.02. The van der Waals surface area contributed by atoms with Crippen molar-refractivity contribution in [1.82, 2.24) is 9.78 Å². The molecule has 0 aliphatic heterocycles. The molecule has 1 atom stereocenters. The zero-order valence-electron chi connectivity index (χ0n) is 9.37. The molecule has 2 aromatic rings. The van der Waals surface area contributed by atoms with Crippen LogP contribution in [0.4, 0.5) is 0 Å². The Labute approximate surface area is 98.5 Å². The first-order chi connectivity index (χ1) is 8.08. The number of aromatic nitrogens is 2. The maximum atomic E-state index is 10.7. The normalized spacial score (nSPS) is 12.4. The second-order valence-electron chi connectivity index (χ2n) is 3.87. The third-order valence-electron chi connectivity index (χ3n) is 2.53. The number of aryl methyl sites for hydroxylation is 1. The average Bonchev–Trinajstić information content (AvgIpc) is 2.78. The van der Waals surface area contributed by atoms with E-state index in [0.29, 0.717) is 5.56 Å². The number of nitrogens with two attached hydrogens (primary N) is 1. The van der Waals surface area contributed by atoms with Crippen molar-refractivity contribution in [2.24, 2.45) is 5.73 Å². The first-order valence-corrected chi connectivity index (χ1v) is 5.18. The molecule has 0 saturated carbocycles. The molecule has 0 amide bonds. The Morgan fingerprint density at radius 2 is 2.06 bits per heavy atom. The molecule has 1 aromatic heterocycles. The second-order valence-corrected chi connectivity index (χ2v) is 3.87. The molecule has 2 rings (SSSR count). The third-order valence-corrected chi connectivity index (χ3v) is 2.53. The second kappa shape index (κ2) is 4.39. The van der Waals surface area contributed by atoms with Gasteiger partial charge < -0.3 is 10.8 Å². The first kappa shape index (κ1) is 11.3. The van der Waals surface area contributed by atoms with E-state index in [0.717, 1.165) is 11.3 Å². The van der Waals surface area contributed by atoms with E-state index >= 15 is 0 Å². The quantitative estimate of drug-likeness (QED) is 0.833. The van der Waals surface area contributed by atoms with Gasteiger partial charge in [0.1, 0.15) is 6.04 Å². The summed E-state index contributed by atoms with van der Waals surface area (Å²) < 4.78 is 1.61. The van der Waals surface area contributed by atoms with Gasteiger partial charge in [-0.05, 0) is 19.1 Å². The van der Waals surface area contributed by atoms with Crippen LogP contribution in [-0.4, -0.2) is 20.9 Å². The summed E-state index contributed by atoms with van der Waals surface area (Å²) in [7, 11) is 0. The van der Waals surface area contributed by atoms with Gasteiger partial charge in [-0.1, -0.05) is 17.7 Å². The lowest BCUT2D eigenvalue weighted by Gasteiger charge is -2.02. The number of benzene rings is 1. The average molecular weight is 231 g/mol. The first-order valence-electron chi connectivity index (χ1n) is 5.18. The predicted molar refractivity (Wildman–Crippen MR) is 62.9 cm³/mol. The van der Waals surface area contributed by atoms with Gasteiger partial charge in [0.25, 0.3) is 0 Å². The number of nitrogens with zero attached hydrogens (tertiary/aromatic N) is 2. The summed E-state index contributed by atoms with van der Waals surface area (Å²) in [5, 5.41) is 12.9. The standard InChI is InChI=1S/C12H13N3O2/c1-8-2-4-10(5-3-8)15-7-9(6-14-15)11(13)12(16)17/h2-7,11H,13H2,1H3,(H,16,17). The molecule has 1 aromatic carbocycles. The van der Waals surface area contributed by atoms with Crippen molar-refractivity contribution < 1.29 is 9.90 Å². The zero-order valence-corrected chi connectivity index (χ0v) is 9.37. The summed E-state index contributed by atoms with van der Waals surface area (Å²) >= 11 is 0. The maximum absolute atomic E-state index is 10.7. The van der Waals surface area contributed by atoms with Crippen LogP contribution in [0.3, 0.4) is 0 Å². The molecule has 1 unspecified atom stereocenters. The molecule has 0 aliphatic rings. The van der Waals surface area contributed by atoms with Crippen LogP contribution in [0.2, 0.25) is 0 Å². The maximum Gasteiger partial charge on any atom is 0.325 e. The predicted octanol–water partition coefficient (Wildman–Crippen LogP) is 1.27. The summed E-state index contributed by atoms with van der Waals surface area (Å²) in [6.45, 7) is 2.00. The summed E-state index contributed by atoms with van der Waals surface area (Å²) in [4.78, 5) is 10.7. The fourth-order valence-corrected chi connectivity index (χ4v) is 1.48. The summed E-state index contributed by atoms with van der Waals surface area (Å²) in [6, 6.07) is 6.73. The van der Waals surface area contributed by atoms with E-state index in [9.17, 15) is 4.79 Å². The van der Waals surface area contributed by atoms with Crippen LogP contribution in [-0.2, 0) is 4.79 Å². The molecule has 1 heterocycles. The monoisotopic (exact) mass is 231 g/mol. The van der Waals surface area contributed by atoms with Crippen molar-refractivity contribution in [2.45, 2.75) is 13.0 Å². The van der Waals surface area contributed by atoms with Crippen LogP contribution < -0.4 is 5.73 Å². The molecule has 0 fully saturated rings. The molecular formula is C12H13N3O2. The van der Waals surface area contributed by atoms with Gasteiger partial charge in [-0.25, -0.2) is 4.68 Å². The molecule has 0 radical (unpaired) electrons.